The number of hydrogen-bond donors (Lipinski definition) is 0. The van der Waals surface area contributed by atoms with Gasteiger partial charge < -0.3 is 14.5 Å². The maximum absolute atomic E-state index is 12.7. The number of carbonyl (C=O) groups is 3. The number of aromatic nitrogens is 3. The fourth-order valence-corrected chi connectivity index (χ4v) is 4.03. The van der Waals surface area contributed by atoms with Crippen LogP contribution in [0.25, 0.3) is 10.6 Å². The van der Waals surface area contributed by atoms with E-state index in [1.807, 2.05) is 13.2 Å². The summed E-state index contributed by atoms with van der Waals surface area (Å²) in [4.78, 5) is 44.7. The first-order chi connectivity index (χ1) is 13.9. The molecule has 0 saturated carbocycles. The third kappa shape index (κ3) is 5.00. The highest BCUT2D eigenvalue weighted by molar-refractivity contribution is 7.13. The summed E-state index contributed by atoms with van der Waals surface area (Å²) < 4.78 is 6.74. The van der Waals surface area contributed by atoms with E-state index in [-0.39, 0.29) is 30.2 Å². The van der Waals surface area contributed by atoms with E-state index in [0.717, 1.165) is 12.0 Å². The molecule has 9 nitrogen and oxygen atoms in total. The molecule has 0 radical (unpaired) electrons. The van der Waals surface area contributed by atoms with E-state index in [0.29, 0.717) is 36.8 Å². The minimum Gasteiger partial charge on any atom is -0.466 e. The van der Waals surface area contributed by atoms with Crippen LogP contribution in [-0.4, -0.2) is 75.6 Å². The summed E-state index contributed by atoms with van der Waals surface area (Å²) in [6.45, 7) is 2.95. The Morgan fingerprint density at radius 2 is 2.17 bits per heavy atom. The highest BCUT2D eigenvalue weighted by Crippen LogP contribution is 2.23. The van der Waals surface area contributed by atoms with E-state index in [9.17, 15) is 14.4 Å². The van der Waals surface area contributed by atoms with Crippen LogP contribution < -0.4 is 0 Å². The molecule has 1 saturated heterocycles. The SMILES string of the molecule is CCOC(=O)C1CCCN(C(=O)CN(C)C(=O)c2csc(-c3cnn(C)c3)n2)C1. The van der Waals surface area contributed by atoms with Gasteiger partial charge in [0.2, 0.25) is 5.91 Å². The monoisotopic (exact) mass is 419 g/mol. The number of likely N-dealkylation sites (N-methyl/N-ethyl adjacent to an activating group) is 1. The number of piperidine rings is 1. The summed E-state index contributed by atoms with van der Waals surface area (Å²) in [6.07, 6.45) is 4.98. The number of carbonyl (C=O) groups excluding carboxylic acids is 3. The zero-order chi connectivity index (χ0) is 21.0. The zero-order valence-corrected chi connectivity index (χ0v) is 17.6. The summed E-state index contributed by atoms with van der Waals surface area (Å²) in [5.74, 6) is -1.06. The average Bonchev–Trinajstić information content (AvgIpc) is 3.36. The number of amides is 2. The number of likely N-dealkylation sites (tertiary alicyclic amines) is 1. The molecule has 1 unspecified atom stereocenters. The first-order valence-electron chi connectivity index (χ1n) is 9.53. The molecule has 2 aromatic rings. The number of aryl methyl sites for hydroxylation is 1. The molecule has 1 aliphatic heterocycles. The molecule has 10 heteroatoms. The Kier molecular flexibility index (Phi) is 6.63. The Morgan fingerprint density at radius 3 is 2.86 bits per heavy atom. The number of nitrogens with zero attached hydrogens (tertiary/aromatic N) is 5. The van der Waals surface area contributed by atoms with Gasteiger partial charge in [-0.2, -0.15) is 5.10 Å². The van der Waals surface area contributed by atoms with E-state index >= 15 is 0 Å². The Bertz CT molecular complexity index is 893. The van der Waals surface area contributed by atoms with E-state index in [2.05, 4.69) is 10.1 Å². The van der Waals surface area contributed by atoms with Gasteiger partial charge in [-0.3, -0.25) is 19.1 Å². The van der Waals surface area contributed by atoms with Crippen molar-refractivity contribution in [3.05, 3.63) is 23.5 Å². The van der Waals surface area contributed by atoms with Crippen molar-refractivity contribution < 1.29 is 19.1 Å². The van der Waals surface area contributed by atoms with Crippen molar-refractivity contribution in [2.24, 2.45) is 13.0 Å². The molecule has 0 aromatic carbocycles. The number of hydrogen-bond acceptors (Lipinski definition) is 7. The minimum absolute atomic E-state index is 0.0614. The molecule has 2 amide bonds. The van der Waals surface area contributed by atoms with E-state index in [4.69, 9.17) is 4.74 Å². The molecule has 0 spiro atoms. The summed E-state index contributed by atoms with van der Waals surface area (Å²) in [5.41, 5.74) is 1.14. The van der Waals surface area contributed by atoms with Gasteiger partial charge in [0.05, 0.1) is 25.3 Å². The lowest BCUT2D eigenvalue weighted by atomic mass is 9.98. The van der Waals surface area contributed by atoms with E-state index < -0.39 is 0 Å². The standard InChI is InChI=1S/C19H25N5O4S/c1-4-28-19(27)13-6-5-7-24(10-13)16(25)11-22(2)18(26)15-12-29-17(21-15)14-8-20-23(3)9-14/h8-9,12-13H,4-7,10-11H2,1-3H3. The van der Waals surface area contributed by atoms with Crippen LogP contribution in [0.3, 0.4) is 0 Å². The van der Waals surface area contributed by atoms with Gasteiger partial charge in [0.25, 0.3) is 5.91 Å². The molecule has 1 aliphatic rings. The van der Waals surface area contributed by atoms with E-state index in [1.165, 1.54) is 16.2 Å². The second kappa shape index (κ2) is 9.17. The van der Waals surface area contributed by atoms with Gasteiger partial charge in [0.1, 0.15) is 10.7 Å². The van der Waals surface area contributed by atoms with Crippen LogP contribution in [0.15, 0.2) is 17.8 Å². The lowest BCUT2D eigenvalue weighted by molar-refractivity contribution is -0.151. The Labute approximate surface area is 173 Å². The summed E-state index contributed by atoms with van der Waals surface area (Å²) in [7, 11) is 3.39. The predicted octanol–water partition coefficient (Wildman–Crippen LogP) is 1.42. The molecule has 0 bridgehead atoms. The van der Waals surface area contributed by atoms with Crippen molar-refractivity contribution in [3.8, 4) is 10.6 Å². The van der Waals surface area contributed by atoms with Crippen LogP contribution in [0, 0.1) is 5.92 Å². The van der Waals surface area contributed by atoms with Crippen molar-refractivity contribution in [2.45, 2.75) is 19.8 Å². The van der Waals surface area contributed by atoms with Crippen LogP contribution in [0.4, 0.5) is 0 Å². The topological polar surface area (TPSA) is 97.6 Å². The van der Waals surface area contributed by atoms with Crippen molar-refractivity contribution in [1.29, 1.82) is 0 Å². The number of rotatable bonds is 6. The van der Waals surface area contributed by atoms with Crippen molar-refractivity contribution >= 4 is 29.1 Å². The number of ether oxygens (including phenoxy) is 1. The zero-order valence-electron chi connectivity index (χ0n) is 16.8. The molecule has 156 valence electrons. The van der Waals surface area contributed by atoms with Crippen LogP contribution in [0.2, 0.25) is 0 Å². The van der Waals surface area contributed by atoms with Gasteiger partial charge in [-0.25, -0.2) is 4.98 Å². The molecule has 1 atom stereocenters. The molecule has 3 heterocycles. The van der Waals surface area contributed by atoms with Gasteiger partial charge >= 0.3 is 5.97 Å². The van der Waals surface area contributed by atoms with Crippen LogP contribution in [0.1, 0.15) is 30.3 Å². The predicted molar refractivity (Wildman–Crippen MR) is 107 cm³/mol. The van der Waals surface area contributed by atoms with Gasteiger partial charge in [0, 0.05) is 44.3 Å². The van der Waals surface area contributed by atoms with Crippen molar-refractivity contribution in [3.63, 3.8) is 0 Å². The van der Waals surface area contributed by atoms with Gasteiger partial charge in [-0.15, -0.1) is 11.3 Å². The lowest BCUT2D eigenvalue weighted by Gasteiger charge is -2.32. The largest absolute Gasteiger partial charge is 0.466 e. The number of esters is 1. The first kappa shape index (κ1) is 21.0. The normalized spacial score (nSPS) is 16.5. The molecule has 29 heavy (non-hydrogen) atoms. The fraction of sp³-hybridized carbons (Fsp3) is 0.526. The Hall–Kier alpha value is -2.75. The van der Waals surface area contributed by atoms with E-state index in [1.54, 1.807) is 35.1 Å². The third-order valence-electron chi connectivity index (χ3n) is 4.79. The lowest BCUT2D eigenvalue weighted by Crippen LogP contribution is -2.47. The smallest absolute Gasteiger partial charge is 0.310 e. The summed E-state index contributed by atoms with van der Waals surface area (Å²) in [6, 6.07) is 0. The van der Waals surface area contributed by atoms with Crippen LogP contribution >= 0.6 is 11.3 Å². The van der Waals surface area contributed by atoms with Gasteiger partial charge in [0.15, 0.2) is 0 Å². The van der Waals surface area contributed by atoms with Crippen molar-refractivity contribution in [1.82, 2.24) is 24.6 Å². The Morgan fingerprint density at radius 1 is 1.38 bits per heavy atom. The molecule has 0 N–H and O–H groups in total. The fourth-order valence-electron chi connectivity index (χ4n) is 3.26. The highest BCUT2D eigenvalue weighted by atomic mass is 32.1. The van der Waals surface area contributed by atoms with Gasteiger partial charge in [-0.1, -0.05) is 0 Å². The quantitative estimate of drug-likeness (QED) is 0.657. The maximum Gasteiger partial charge on any atom is 0.310 e. The highest BCUT2D eigenvalue weighted by Gasteiger charge is 2.30. The molecule has 3 rings (SSSR count). The molecular weight excluding hydrogens is 394 g/mol. The molecule has 0 aliphatic carbocycles. The van der Waals surface area contributed by atoms with Gasteiger partial charge in [-0.05, 0) is 19.8 Å². The Balaban J connectivity index is 1.58. The van der Waals surface area contributed by atoms with Crippen LogP contribution in [0.5, 0.6) is 0 Å². The average molecular weight is 420 g/mol. The second-order valence-electron chi connectivity index (χ2n) is 7.03. The first-order valence-corrected chi connectivity index (χ1v) is 10.4. The molecular formula is C19H25N5O4S. The molecule has 1 fully saturated rings. The summed E-state index contributed by atoms with van der Waals surface area (Å²) in [5, 5.41) is 6.50. The second-order valence-corrected chi connectivity index (χ2v) is 7.89. The van der Waals surface area contributed by atoms with Crippen molar-refractivity contribution in [2.75, 3.05) is 33.3 Å². The minimum atomic E-state index is -0.316. The van der Waals surface area contributed by atoms with Crippen LogP contribution in [-0.2, 0) is 21.4 Å². The maximum atomic E-state index is 12.7. The number of thiazole rings is 1. The molecule has 2 aromatic heterocycles. The third-order valence-corrected chi connectivity index (χ3v) is 5.68. The summed E-state index contributed by atoms with van der Waals surface area (Å²) >= 11 is 1.36.